The van der Waals surface area contributed by atoms with Crippen LogP contribution in [-0.4, -0.2) is 152 Å². The molecule has 0 spiro atoms. The van der Waals surface area contributed by atoms with E-state index in [9.17, 15) is 38.4 Å². The monoisotopic (exact) mass is 1280 g/mol. The van der Waals surface area contributed by atoms with Crippen molar-refractivity contribution in [2.75, 3.05) is 50.9 Å². The molecule has 2 aromatic heterocycles. The molecule has 2 bridgehead atoms. The molecule has 6 N–H and O–H groups in total. The molecule has 2 aromatic carbocycles. The summed E-state index contributed by atoms with van der Waals surface area (Å²) < 4.78 is 36.0. The van der Waals surface area contributed by atoms with E-state index < -0.39 is 83.1 Å². The molecule has 21 nitrogen and oxygen atoms in total. The molecule has 3 aliphatic heterocycles. The number of hydrogen-bond acceptors (Lipinski definition) is 11. The number of hydrogen-bond donors (Lipinski definition) is 6. The van der Waals surface area contributed by atoms with Gasteiger partial charge in [-0.15, -0.1) is 0 Å². The van der Waals surface area contributed by atoms with Crippen LogP contribution in [0.2, 0.25) is 0 Å². The SMILES string of the molecule is CCn1nccc1C(=O)N[C@H](C(=O)Nc1ccc([C@H](C)[C@@H](NC(=O)CCCCC(=O)N[C@@H](C(=O)N2CC[C@H](N(C)C)C2)[C@@H](C)c2ccc(NC(=O)[C@@H](NC(=O)c3ccnn3CC)C(C3CC3)C3CC3)c(F)c2)C(=O)N2CCCC3CC(C3)C2)cc1F)C(C1CC1)C1CC1. The molecule has 12 rings (SSSR count). The van der Waals surface area contributed by atoms with E-state index in [0.29, 0.717) is 73.6 Å². The van der Waals surface area contributed by atoms with Crippen molar-refractivity contribution in [3.05, 3.63) is 95.1 Å². The standard InChI is InChI=1S/C70H95F2N13O8/c1-7-84-55(27-30-73-84)65(88)79-63(59(44-15-16-44)45-17-18-45)67(90)75-53-25-23-48(36-51(53)71)40(3)61(69(92)82-32-11-12-42-34-43(35-42)38-82)77-57(86)13-9-10-14-58(87)78-62(70(93)83-33-29-50(39-83)81(5)6)41(4)49-24-26-54(52(72)37-49)76-68(91)64(60(46-19-20-46)47-21-22-47)80-66(89)56-28-31-74-85(56)8-2/h23-28,30-31,36-37,40-47,50,59-64H,7-22,29,32-35,38-39H2,1-6H3,(H,75,90)(H,76,91)(H,77,86)(H,78,87)(H,79,88)(H,80,89)/t40-,41-,42?,43?,50-,61+,62+,63-,64-/m0/s1. The summed E-state index contributed by atoms with van der Waals surface area (Å²) in [6, 6.07) is 8.16. The van der Waals surface area contributed by atoms with Gasteiger partial charge in [-0.1, -0.05) is 26.0 Å². The van der Waals surface area contributed by atoms with E-state index in [1.54, 1.807) is 64.8 Å². The van der Waals surface area contributed by atoms with Gasteiger partial charge in [-0.05, 0) is 219 Å². The van der Waals surface area contributed by atoms with Gasteiger partial charge in [0, 0.05) is 82.4 Å². The van der Waals surface area contributed by atoms with E-state index in [2.05, 4.69) is 47.0 Å². The van der Waals surface area contributed by atoms with Crippen molar-refractivity contribution in [3.8, 4) is 0 Å². The van der Waals surface area contributed by atoms with E-state index >= 15 is 8.78 Å². The Morgan fingerprint density at radius 3 is 1.35 bits per heavy atom. The van der Waals surface area contributed by atoms with Crippen molar-refractivity contribution in [1.82, 2.24) is 55.5 Å². The number of fused-ring (bicyclic) bond motifs is 4. The third-order valence-electron chi connectivity index (χ3n) is 21.2. The van der Waals surface area contributed by atoms with Crippen molar-refractivity contribution in [3.63, 3.8) is 0 Å². The fourth-order valence-corrected chi connectivity index (χ4v) is 15.1. The predicted octanol–water partition coefficient (Wildman–Crippen LogP) is 7.99. The highest BCUT2D eigenvalue weighted by molar-refractivity contribution is 6.02. The molecule has 93 heavy (non-hydrogen) atoms. The summed E-state index contributed by atoms with van der Waals surface area (Å²) in [5.41, 5.74) is 1.37. The highest BCUT2D eigenvalue weighted by atomic mass is 19.1. The summed E-state index contributed by atoms with van der Waals surface area (Å²) in [4.78, 5) is 119. The van der Waals surface area contributed by atoms with Crippen molar-refractivity contribution in [1.29, 1.82) is 0 Å². The Morgan fingerprint density at radius 2 is 0.968 bits per heavy atom. The first kappa shape index (κ1) is 66.9. The maximum absolute atomic E-state index is 16.5. The summed E-state index contributed by atoms with van der Waals surface area (Å²) in [6.07, 6.45) is 15.9. The van der Waals surface area contributed by atoms with Crippen LogP contribution in [0, 0.1) is 59.0 Å². The number of aromatic nitrogens is 4. The summed E-state index contributed by atoms with van der Waals surface area (Å²) in [6.45, 7) is 10.2. The number of halogens is 2. The lowest BCUT2D eigenvalue weighted by molar-refractivity contribution is -0.139. The number of unbranched alkanes of at least 4 members (excludes halogenated alkanes) is 1. The first-order valence-electron chi connectivity index (χ1n) is 34.5. The van der Waals surface area contributed by atoms with E-state index in [1.807, 2.05) is 32.8 Å². The fraction of sp³-hybridized carbons (Fsp3) is 0.629. The Kier molecular flexibility index (Phi) is 21.1. The number of anilines is 2. The first-order chi connectivity index (χ1) is 44.8. The average molecular weight is 1280 g/mol. The molecule has 8 fully saturated rings. The van der Waals surface area contributed by atoms with Gasteiger partial charge in [-0.2, -0.15) is 10.2 Å². The van der Waals surface area contributed by atoms with E-state index in [0.717, 1.165) is 83.5 Å². The zero-order valence-corrected chi connectivity index (χ0v) is 54.8. The zero-order valence-electron chi connectivity index (χ0n) is 54.8. The van der Waals surface area contributed by atoms with Gasteiger partial charge in [0.05, 0.1) is 11.4 Å². The lowest BCUT2D eigenvalue weighted by Crippen LogP contribution is -2.53. The van der Waals surface area contributed by atoms with Crippen LogP contribution >= 0.6 is 0 Å². The van der Waals surface area contributed by atoms with Crippen LogP contribution in [0.3, 0.4) is 0 Å². The van der Waals surface area contributed by atoms with E-state index in [1.165, 1.54) is 24.3 Å². The topological polar surface area (TPSA) is 254 Å². The highest BCUT2D eigenvalue weighted by Gasteiger charge is 2.50. The Balaban J connectivity index is 0.735. The Bertz CT molecular complexity index is 3360. The van der Waals surface area contributed by atoms with Crippen molar-refractivity contribution in [2.24, 2.45) is 47.3 Å². The number of likely N-dealkylation sites (N-methyl/N-ethyl adjacent to an activating group) is 1. The van der Waals surface area contributed by atoms with Crippen molar-refractivity contribution >= 4 is 58.6 Å². The van der Waals surface area contributed by atoms with Crippen LogP contribution in [0.5, 0.6) is 0 Å². The van der Waals surface area contributed by atoms with Crippen molar-refractivity contribution in [2.45, 2.75) is 192 Å². The molecule has 23 heteroatoms. The highest BCUT2D eigenvalue weighted by Crippen LogP contribution is 2.52. The molecule has 7 atom stereocenters. The van der Waals surface area contributed by atoms with Crippen LogP contribution < -0.4 is 31.9 Å². The first-order valence-corrected chi connectivity index (χ1v) is 34.5. The lowest BCUT2D eigenvalue weighted by Gasteiger charge is -2.43. The van der Waals surface area contributed by atoms with Crippen LogP contribution in [-0.2, 0) is 41.9 Å². The predicted molar refractivity (Wildman–Crippen MR) is 346 cm³/mol. The fourth-order valence-electron chi connectivity index (χ4n) is 15.1. The average Bonchev–Trinajstić information content (AvgIpc) is 1.57. The van der Waals surface area contributed by atoms with Gasteiger partial charge in [0.2, 0.25) is 35.4 Å². The molecule has 5 saturated carbocycles. The molecule has 5 aliphatic carbocycles. The minimum absolute atomic E-state index is 0.0331. The van der Waals surface area contributed by atoms with Gasteiger partial charge >= 0.3 is 0 Å². The van der Waals surface area contributed by atoms with Crippen LogP contribution in [0.25, 0.3) is 0 Å². The lowest BCUT2D eigenvalue weighted by atomic mass is 9.71. The number of aryl methyl sites for hydroxylation is 2. The Labute approximate surface area is 544 Å². The summed E-state index contributed by atoms with van der Waals surface area (Å²) in [5, 5.41) is 26.0. The maximum atomic E-state index is 16.5. The van der Waals surface area contributed by atoms with Gasteiger partial charge in [-0.3, -0.25) is 47.7 Å². The minimum atomic E-state index is -1.09. The molecular weight excluding hydrogens is 1190 g/mol. The second-order valence-corrected chi connectivity index (χ2v) is 28.1. The number of rotatable bonds is 30. The summed E-state index contributed by atoms with van der Waals surface area (Å²) >= 11 is 0. The molecule has 0 unspecified atom stereocenters. The normalized spacial score (nSPS) is 21.6. The third-order valence-corrected chi connectivity index (χ3v) is 21.2. The molecule has 8 aliphatic rings. The largest absolute Gasteiger partial charge is 0.344 e. The quantitative estimate of drug-likeness (QED) is 0.0273. The molecule has 4 aromatic rings. The maximum Gasteiger partial charge on any atom is 0.270 e. The van der Waals surface area contributed by atoms with E-state index in [-0.39, 0.29) is 90.4 Å². The number of amides is 8. The van der Waals surface area contributed by atoms with E-state index in [4.69, 9.17) is 0 Å². The minimum Gasteiger partial charge on any atom is -0.344 e. The number of nitrogens with zero attached hydrogens (tertiary/aromatic N) is 7. The second kappa shape index (κ2) is 29.4. The van der Waals surface area contributed by atoms with Gasteiger partial charge in [-0.25, -0.2) is 8.78 Å². The molecule has 5 heterocycles. The van der Waals surface area contributed by atoms with Gasteiger partial charge in [0.25, 0.3) is 11.8 Å². The number of carbonyl (C=O) groups excluding carboxylic acids is 8. The molecular formula is C70H95F2N13O8. The summed E-state index contributed by atoms with van der Waals surface area (Å²) in [7, 11) is 3.90. The smallest absolute Gasteiger partial charge is 0.270 e. The van der Waals surface area contributed by atoms with Crippen molar-refractivity contribution < 1.29 is 47.1 Å². The van der Waals surface area contributed by atoms with Gasteiger partial charge in [0.15, 0.2) is 0 Å². The summed E-state index contributed by atoms with van der Waals surface area (Å²) in [5.74, 6) is -4.24. The number of nitrogens with one attached hydrogen (secondary N) is 6. The van der Waals surface area contributed by atoms with Gasteiger partial charge < -0.3 is 46.6 Å². The Hall–Kier alpha value is -7.56. The number of benzene rings is 2. The molecule has 3 saturated heterocycles. The van der Waals surface area contributed by atoms with Crippen LogP contribution in [0.4, 0.5) is 20.2 Å². The molecule has 8 amide bonds. The number of carbonyl (C=O) groups is 8. The Morgan fingerprint density at radius 1 is 0.538 bits per heavy atom. The van der Waals surface area contributed by atoms with Crippen LogP contribution in [0.1, 0.15) is 181 Å². The zero-order chi connectivity index (χ0) is 65.8. The van der Waals surface area contributed by atoms with Crippen LogP contribution in [0.15, 0.2) is 60.9 Å². The van der Waals surface area contributed by atoms with Gasteiger partial charge in [0.1, 0.15) is 47.2 Å². The molecule has 0 radical (unpaired) electrons. The second-order valence-electron chi connectivity index (χ2n) is 28.1. The number of likely N-dealkylation sites (tertiary alicyclic amines) is 1. The molecule has 502 valence electrons. The third kappa shape index (κ3) is 16.2.